The van der Waals surface area contributed by atoms with Gasteiger partial charge in [0.2, 0.25) is 6.79 Å². The van der Waals surface area contributed by atoms with Gasteiger partial charge in [0, 0.05) is 0 Å². The lowest BCUT2D eigenvalue weighted by molar-refractivity contribution is -0.115. The van der Waals surface area contributed by atoms with Crippen LogP contribution in [0.25, 0.3) is 6.08 Å². The Bertz CT molecular complexity index is 881. The molecule has 120 valence electrons. The van der Waals surface area contributed by atoms with Crippen LogP contribution in [0.3, 0.4) is 0 Å². The van der Waals surface area contributed by atoms with Gasteiger partial charge in [0.25, 0.3) is 5.91 Å². The summed E-state index contributed by atoms with van der Waals surface area (Å²) in [7, 11) is 0. The SMILES string of the molecule is O=C1NC(=Nc2ccccc2)S/C1=C\c1cc(Cl)c2c(c1)OCO2. The first-order valence-corrected chi connectivity index (χ1v) is 8.32. The molecule has 0 radical (unpaired) electrons. The number of ether oxygens (including phenoxy) is 2. The van der Waals surface area contributed by atoms with Crippen LogP contribution in [0.4, 0.5) is 5.69 Å². The number of para-hydroxylation sites is 1. The van der Waals surface area contributed by atoms with Crippen LogP contribution >= 0.6 is 23.4 Å². The molecule has 1 N–H and O–H groups in total. The van der Waals surface area contributed by atoms with E-state index in [-0.39, 0.29) is 12.7 Å². The molecular weight excluding hydrogens is 348 g/mol. The third-order valence-electron chi connectivity index (χ3n) is 3.39. The molecule has 2 aliphatic rings. The Morgan fingerprint density at radius 3 is 2.88 bits per heavy atom. The zero-order valence-corrected chi connectivity index (χ0v) is 13.9. The highest BCUT2D eigenvalue weighted by atomic mass is 35.5. The largest absolute Gasteiger partial charge is 0.454 e. The van der Waals surface area contributed by atoms with Crippen molar-refractivity contribution in [3.63, 3.8) is 0 Å². The molecule has 0 unspecified atom stereocenters. The van der Waals surface area contributed by atoms with E-state index in [1.54, 1.807) is 18.2 Å². The lowest BCUT2D eigenvalue weighted by Gasteiger charge is -2.01. The van der Waals surface area contributed by atoms with Crippen LogP contribution in [0.2, 0.25) is 5.02 Å². The van der Waals surface area contributed by atoms with Crippen molar-refractivity contribution in [1.82, 2.24) is 5.32 Å². The van der Waals surface area contributed by atoms with Gasteiger partial charge in [-0.2, -0.15) is 0 Å². The number of nitrogens with zero attached hydrogens (tertiary/aromatic N) is 1. The fourth-order valence-corrected chi connectivity index (χ4v) is 3.44. The fourth-order valence-electron chi connectivity index (χ4n) is 2.32. The molecule has 24 heavy (non-hydrogen) atoms. The van der Waals surface area contributed by atoms with Gasteiger partial charge < -0.3 is 14.8 Å². The predicted molar refractivity (Wildman–Crippen MR) is 94.8 cm³/mol. The van der Waals surface area contributed by atoms with Crippen LogP contribution in [-0.2, 0) is 4.79 Å². The summed E-state index contributed by atoms with van der Waals surface area (Å²) >= 11 is 7.45. The van der Waals surface area contributed by atoms with E-state index in [0.717, 1.165) is 11.3 Å². The van der Waals surface area contributed by atoms with E-state index < -0.39 is 0 Å². The van der Waals surface area contributed by atoms with Crippen molar-refractivity contribution < 1.29 is 14.3 Å². The fraction of sp³-hybridized carbons (Fsp3) is 0.0588. The molecule has 2 heterocycles. The number of amidine groups is 1. The summed E-state index contributed by atoms with van der Waals surface area (Å²) in [5.74, 6) is 0.924. The van der Waals surface area contributed by atoms with Crippen molar-refractivity contribution in [3.05, 3.63) is 58.0 Å². The Morgan fingerprint density at radius 1 is 1.21 bits per heavy atom. The number of hydrogen-bond donors (Lipinski definition) is 1. The maximum Gasteiger partial charge on any atom is 0.264 e. The molecule has 1 fully saturated rings. The summed E-state index contributed by atoms with van der Waals surface area (Å²) in [5.41, 5.74) is 1.55. The minimum atomic E-state index is -0.191. The molecule has 1 amide bonds. The molecule has 0 spiro atoms. The first-order valence-electron chi connectivity index (χ1n) is 7.13. The first kappa shape index (κ1) is 15.1. The molecule has 0 atom stereocenters. The molecule has 5 nitrogen and oxygen atoms in total. The van der Waals surface area contributed by atoms with E-state index in [9.17, 15) is 4.79 Å². The first-order chi connectivity index (χ1) is 11.7. The number of carbonyl (C=O) groups excluding carboxylic acids is 1. The molecule has 2 aromatic carbocycles. The molecule has 0 aliphatic carbocycles. The van der Waals surface area contributed by atoms with Gasteiger partial charge in [0.1, 0.15) is 0 Å². The minimum Gasteiger partial charge on any atom is -0.454 e. The summed E-state index contributed by atoms with van der Waals surface area (Å²) in [6, 6.07) is 13.0. The average Bonchev–Trinajstić information content (AvgIpc) is 3.16. The molecule has 0 saturated carbocycles. The van der Waals surface area contributed by atoms with Gasteiger partial charge in [-0.3, -0.25) is 4.79 Å². The number of carbonyl (C=O) groups is 1. The molecule has 1 saturated heterocycles. The molecule has 7 heteroatoms. The normalized spacial score (nSPS) is 19.1. The van der Waals surface area contributed by atoms with Crippen molar-refractivity contribution in [2.75, 3.05) is 6.79 Å². The van der Waals surface area contributed by atoms with Crippen molar-refractivity contribution in [2.45, 2.75) is 0 Å². The standard InChI is InChI=1S/C17H11ClN2O3S/c18-12-6-10(7-13-15(12)23-9-22-13)8-14-16(21)20-17(24-14)19-11-4-2-1-3-5-11/h1-8H,9H2,(H,19,20,21)/b14-8-. The Labute approximate surface area is 147 Å². The zero-order valence-electron chi connectivity index (χ0n) is 12.3. The second-order valence-electron chi connectivity index (χ2n) is 5.05. The summed E-state index contributed by atoms with van der Waals surface area (Å²) in [6.45, 7) is 0.151. The number of aliphatic imine (C=N–C) groups is 1. The highest BCUT2D eigenvalue weighted by molar-refractivity contribution is 8.18. The number of amides is 1. The van der Waals surface area contributed by atoms with E-state index in [2.05, 4.69) is 10.3 Å². The summed E-state index contributed by atoms with van der Waals surface area (Å²) in [6.07, 6.45) is 1.75. The van der Waals surface area contributed by atoms with Crippen LogP contribution in [0.1, 0.15) is 5.56 Å². The second kappa shape index (κ2) is 6.22. The number of thioether (sulfide) groups is 1. The van der Waals surface area contributed by atoms with E-state index in [1.807, 2.05) is 30.3 Å². The highest BCUT2D eigenvalue weighted by Gasteiger charge is 2.25. The molecule has 0 aromatic heterocycles. The van der Waals surface area contributed by atoms with Crippen LogP contribution in [-0.4, -0.2) is 17.9 Å². The maximum atomic E-state index is 12.1. The minimum absolute atomic E-state index is 0.151. The Morgan fingerprint density at radius 2 is 2.04 bits per heavy atom. The number of benzene rings is 2. The summed E-state index contributed by atoms with van der Waals surface area (Å²) in [4.78, 5) is 17.1. The van der Waals surface area contributed by atoms with Crippen molar-refractivity contribution in [1.29, 1.82) is 0 Å². The van der Waals surface area contributed by atoms with Gasteiger partial charge in [-0.1, -0.05) is 29.8 Å². The number of halogens is 1. The highest BCUT2D eigenvalue weighted by Crippen LogP contribution is 2.40. The molecule has 2 aliphatic heterocycles. The van der Waals surface area contributed by atoms with Gasteiger partial charge >= 0.3 is 0 Å². The molecule has 4 rings (SSSR count). The summed E-state index contributed by atoms with van der Waals surface area (Å²) in [5, 5.41) is 3.76. The lowest BCUT2D eigenvalue weighted by atomic mass is 10.2. The van der Waals surface area contributed by atoms with Gasteiger partial charge in [0.05, 0.1) is 15.6 Å². The van der Waals surface area contributed by atoms with E-state index in [4.69, 9.17) is 21.1 Å². The number of hydrogen-bond acceptors (Lipinski definition) is 5. The van der Waals surface area contributed by atoms with Crippen molar-refractivity contribution in [3.8, 4) is 11.5 Å². The monoisotopic (exact) mass is 358 g/mol. The van der Waals surface area contributed by atoms with Gasteiger partial charge in [-0.15, -0.1) is 0 Å². The number of fused-ring (bicyclic) bond motifs is 1. The average molecular weight is 359 g/mol. The van der Waals surface area contributed by atoms with Crippen molar-refractivity contribution >= 4 is 46.2 Å². The van der Waals surface area contributed by atoms with E-state index in [1.165, 1.54) is 11.8 Å². The van der Waals surface area contributed by atoms with Crippen molar-refractivity contribution in [2.24, 2.45) is 4.99 Å². The molecule has 0 bridgehead atoms. The van der Waals surface area contributed by atoms with Gasteiger partial charge in [-0.05, 0) is 47.7 Å². The Hall–Kier alpha value is -2.44. The van der Waals surface area contributed by atoms with Crippen LogP contribution in [0, 0.1) is 0 Å². The zero-order chi connectivity index (χ0) is 16.5. The Kier molecular flexibility index (Phi) is 3.92. The topological polar surface area (TPSA) is 59.9 Å². The smallest absolute Gasteiger partial charge is 0.264 e. The maximum absolute atomic E-state index is 12.1. The van der Waals surface area contributed by atoms with E-state index in [0.29, 0.717) is 26.6 Å². The lowest BCUT2D eigenvalue weighted by Crippen LogP contribution is -2.19. The third-order valence-corrected chi connectivity index (χ3v) is 4.58. The third kappa shape index (κ3) is 2.98. The molecule has 2 aromatic rings. The summed E-state index contributed by atoms with van der Waals surface area (Å²) < 4.78 is 10.6. The van der Waals surface area contributed by atoms with Gasteiger partial charge in [-0.25, -0.2) is 4.99 Å². The predicted octanol–water partition coefficient (Wildman–Crippen LogP) is 3.96. The van der Waals surface area contributed by atoms with Crippen LogP contribution in [0.15, 0.2) is 52.4 Å². The quantitative estimate of drug-likeness (QED) is 0.825. The number of nitrogens with one attached hydrogen (secondary N) is 1. The van der Waals surface area contributed by atoms with E-state index >= 15 is 0 Å². The van der Waals surface area contributed by atoms with Crippen LogP contribution in [0.5, 0.6) is 11.5 Å². The number of rotatable bonds is 2. The second-order valence-corrected chi connectivity index (χ2v) is 6.49. The van der Waals surface area contributed by atoms with Crippen LogP contribution < -0.4 is 14.8 Å². The molecular formula is C17H11ClN2O3S. The Balaban J connectivity index is 1.61. The van der Waals surface area contributed by atoms with Gasteiger partial charge in [0.15, 0.2) is 16.7 Å².